The molecule has 2 aromatic carbocycles. The predicted octanol–water partition coefficient (Wildman–Crippen LogP) is 2.50. The Morgan fingerprint density at radius 3 is 2.44 bits per heavy atom. The van der Waals surface area contributed by atoms with Crippen molar-refractivity contribution in [2.75, 3.05) is 13.2 Å². The molecule has 4 bridgehead atoms. The molecule has 0 spiro atoms. The van der Waals surface area contributed by atoms with E-state index in [0.717, 1.165) is 22.3 Å². The maximum atomic E-state index is 14.0. The van der Waals surface area contributed by atoms with E-state index in [-0.39, 0.29) is 32.5 Å². The summed E-state index contributed by atoms with van der Waals surface area (Å²) in [5.41, 5.74) is 2.64. The quantitative estimate of drug-likeness (QED) is 0.257. The van der Waals surface area contributed by atoms with Gasteiger partial charge >= 0.3 is 5.97 Å². The van der Waals surface area contributed by atoms with Crippen LogP contribution < -0.4 is 20.1 Å². The number of rotatable bonds is 6. The lowest BCUT2D eigenvalue weighted by atomic mass is 9.93. The molecule has 7 rings (SSSR count). The number of sulfonamides is 1. The van der Waals surface area contributed by atoms with Crippen LogP contribution in [-0.2, 0) is 38.8 Å². The summed E-state index contributed by atoms with van der Waals surface area (Å²) in [6, 6.07) is 12.4. The number of hydrogen-bond acceptors (Lipinski definition) is 10. The number of cyclic esters (lactones) is 1. The summed E-state index contributed by atoms with van der Waals surface area (Å²) in [6.07, 6.45) is 5.42. The summed E-state index contributed by atoms with van der Waals surface area (Å²) in [4.78, 5) is 59.9. The van der Waals surface area contributed by atoms with E-state index in [4.69, 9.17) is 14.3 Å². The molecule has 3 N–H and O–H groups in total. The van der Waals surface area contributed by atoms with Crippen molar-refractivity contribution in [2.24, 2.45) is 22.9 Å². The molecule has 4 aliphatic carbocycles. The highest BCUT2D eigenvalue weighted by Crippen LogP contribution is 2.46. The highest BCUT2D eigenvalue weighted by atomic mass is 32.2. The van der Waals surface area contributed by atoms with E-state index in [1.165, 1.54) is 13.0 Å². The van der Waals surface area contributed by atoms with Gasteiger partial charge in [-0.2, -0.15) is 0 Å². The SMILES string of the molecule is C=C[C@H]1C[C@]1(NC(=O)[C@@H]1C[C@@H]2C[C@H]1C(=O)N[C@H](C)C(=O)OC/C=C\COc1ccc3c(c1)/C(=N/O2)c1ccccc1-3)C(=O)NS(=O)(=O)C1CC1. The summed E-state index contributed by atoms with van der Waals surface area (Å²) in [5, 5.41) is 9.39. The summed E-state index contributed by atoms with van der Waals surface area (Å²) in [7, 11) is -3.88. The van der Waals surface area contributed by atoms with Gasteiger partial charge in [0.05, 0.1) is 17.1 Å². The lowest BCUT2D eigenvalue weighted by Crippen LogP contribution is -2.54. The third kappa shape index (κ3) is 6.39. The van der Waals surface area contributed by atoms with Gasteiger partial charge in [-0.05, 0) is 80.5 Å². The zero-order valence-electron chi connectivity index (χ0n) is 27.4. The monoisotopic (exact) mass is 702 g/mol. The predicted molar refractivity (Wildman–Crippen MR) is 181 cm³/mol. The number of oxime groups is 1. The standard InChI is InChI=1S/C36H38N4O9S/c1-3-21-19-36(21,35(44)40-50(45,46)24-11-12-24)38-33(42)30-18-23-17-29(30)32(41)37-20(2)34(43)48-15-7-6-14-47-22-10-13-26-25-8-4-5-9-27(25)31(39-49-23)28(26)16-22/h3-10,13,16,20-21,23-24,29-30H,1,11-12,14-15,17-19H2,2H3,(H,37,41)(H,38,42)(H,40,44)/b7-6-,39-31+/t20-,21+,23+,29-,30-,36-/m1/s1. The molecule has 5 aliphatic rings. The van der Waals surface area contributed by atoms with Gasteiger partial charge in [-0.1, -0.05) is 35.5 Å². The van der Waals surface area contributed by atoms with Gasteiger partial charge in [0.15, 0.2) is 0 Å². The topological polar surface area (TPSA) is 179 Å². The Bertz CT molecular complexity index is 1940. The van der Waals surface area contributed by atoms with Crippen LogP contribution in [0.4, 0.5) is 0 Å². The second kappa shape index (κ2) is 13.0. The molecule has 50 heavy (non-hydrogen) atoms. The number of fused-ring (bicyclic) bond motifs is 6. The Kier molecular flexibility index (Phi) is 8.75. The van der Waals surface area contributed by atoms with Crippen LogP contribution in [0.2, 0.25) is 0 Å². The number of amides is 3. The molecule has 262 valence electrons. The van der Waals surface area contributed by atoms with Crippen LogP contribution in [0.1, 0.15) is 50.2 Å². The van der Waals surface area contributed by atoms with Crippen LogP contribution in [0.25, 0.3) is 11.1 Å². The van der Waals surface area contributed by atoms with Crippen LogP contribution >= 0.6 is 0 Å². The summed E-state index contributed by atoms with van der Waals surface area (Å²) in [6.45, 7) is 5.44. The van der Waals surface area contributed by atoms with E-state index < -0.39 is 74.4 Å². The molecular formula is C36H38N4O9S. The first-order chi connectivity index (χ1) is 24.0. The normalized spacial score (nSPS) is 30.6. The molecule has 0 aromatic heterocycles. The molecule has 3 fully saturated rings. The number of hydrogen-bond donors (Lipinski definition) is 3. The number of benzene rings is 2. The smallest absolute Gasteiger partial charge is 0.328 e. The van der Waals surface area contributed by atoms with Crippen LogP contribution in [0.3, 0.4) is 0 Å². The van der Waals surface area contributed by atoms with Gasteiger partial charge in [-0.25, -0.2) is 13.2 Å². The average Bonchev–Trinajstić information content (AvgIpc) is 4.01. The minimum Gasteiger partial charge on any atom is -0.490 e. The minimum absolute atomic E-state index is 0.0336. The van der Waals surface area contributed by atoms with Crippen molar-refractivity contribution in [3.05, 3.63) is 78.4 Å². The number of esters is 1. The maximum Gasteiger partial charge on any atom is 0.328 e. The van der Waals surface area contributed by atoms with E-state index in [9.17, 15) is 27.6 Å². The van der Waals surface area contributed by atoms with Gasteiger partial charge in [0.1, 0.15) is 42.4 Å². The average molecular weight is 703 g/mol. The van der Waals surface area contributed by atoms with Gasteiger partial charge < -0.3 is 24.9 Å². The lowest BCUT2D eigenvalue weighted by molar-refractivity contribution is -0.147. The highest BCUT2D eigenvalue weighted by molar-refractivity contribution is 7.91. The largest absolute Gasteiger partial charge is 0.490 e. The molecule has 3 amide bonds. The first kappa shape index (κ1) is 33.5. The zero-order valence-corrected chi connectivity index (χ0v) is 28.2. The third-order valence-corrected chi connectivity index (χ3v) is 11.8. The number of nitrogens with one attached hydrogen (secondary N) is 3. The Morgan fingerprint density at radius 2 is 1.72 bits per heavy atom. The fourth-order valence-corrected chi connectivity index (χ4v) is 8.30. The number of ether oxygens (including phenoxy) is 2. The first-order valence-corrected chi connectivity index (χ1v) is 18.3. The van der Waals surface area contributed by atoms with Gasteiger partial charge in [-0.15, -0.1) is 6.58 Å². The second-order valence-electron chi connectivity index (χ2n) is 13.4. The van der Waals surface area contributed by atoms with Gasteiger partial charge in [-0.3, -0.25) is 19.1 Å². The fraction of sp³-hybridized carbons (Fsp3) is 0.417. The molecule has 2 aromatic rings. The molecule has 0 unspecified atom stereocenters. The molecule has 0 radical (unpaired) electrons. The van der Waals surface area contributed by atoms with Gasteiger partial charge in [0.2, 0.25) is 21.8 Å². The Balaban J connectivity index is 1.18. The van der Waals surface area contributed by atoms with Gasteiger partial charge in [0, 0.05) is 17.0 Å². The molecule has 6 atom stereocenters. The van der Waals surface area contributed by atoms with Crippen LogP contribution in [0.5, 0.6) is 5.75 Å². The Morgan fingerprint density at radius 1 is 1.00 bits per heavy atom. The van der Waals surface area contributed by atoms with Crippen molar-refractivity contribution in [2.45, 2.75) is 62.0 Å². The first-order valence-electron chi connectivity index (χ1n) is 16.7. The van der Waals surface area contributed by atoms with E-state index in [1.54, 1.807) is 12.2 Å². The van der Waals surface area contributed by atoms with Crippen LogP contribution in [-0.4, -0.2) is 74.0 Å². The van der Waals surface area contributed by atoms with Crippen molar-refractivity contribution < 1.29 is 41.9 Å². The number of nitrogens with zero attached hydrogens (tertiary/aromatic N) is 1. The van der Waals surface area contributed by atoms with Crippen molar-refractivity contribution in [1.29, 1.82) is 0 Å². The van der Waals surface area contributed by atoms with E-state index in [1.807, 2.05) is 42.5 Å². The summed E-state index contributed by atoms with van der Waals surface area (Å²) in [5.74, 6) is -4.53. The molecule has 13 nitrogen and oxygen atoms in total. The lowest BCUT2D eigenvalue weighted by Gasteiger charge is -2.24. The molecule has 1 aliphatic heterocycles. The minimum atomic E-state index is -3.88. The van der Waals surface area contributed by atoms with Crippen molar-refractivity contribution in [3.8, 4) is 16.9 Å². The second-order valence-corrected chi connectivity index (χ2v) is 15.4. The molecule has 14 heteroatoms. The van der Waals surface area contributed by atoms with E-state index in [0.29, 0.717) is 24.3 Å². The van der Waals surface area contributed by atoms with Crippen molar-refractivity contribution in [1.82, 2.24) is 15.4 Å². The zero-order chi connectivity index (χ0) is 35.2. The molecular weight excluding hydrogens is 664 g/mol. The van der Waals surface area contributed by atoms with Gasteiger partial charge in [0.25, 0.3) is 5.91 Å². The molecule has 0 saturated heterocycles. The fourth-order valence-electron chi connectivity index (χ4n) is 6.94. The third-order valence-electron chi connectivity index (χ3n) is 10.0. The molecule has 1 heterocycles. The van der Waals surface area contributed by atoms with Crippen LogP contribution in [0.15, 0.2) is 72.4 Å². The number of carbonyl (C=O) groups excluding carboxylic acids is 4. The molecule has 3 saturated carbocycles. The van der Waals surface area contributed by atoms with Crippen molar-refractivity contribution in [3.63, 3.8) is 0 Å². The highest BCUT2D eigenvalue weighted by Gasteiger charge is 2.62. The van der Waals surface area contributed by atoms with E-state index >= 15 is 0 Å². The van der Waals surface area contributed by atoms with E-state index in [2.05, 4.69) is 27.1 Å². The van der Waals surface area contributed by atoms with Crippen molar-refractivity contribution >= 4 is 39.4 Å². The number of carbonyl (C=O) groups is 4. The van der Waals surface area contributed by atoms with Crippen LogP contribution in [0, 0.1) is 17.8 Å². The summed E-state index contributed by atoms with van der Waals surface area (Å²) < 4.78 is 38.6. The Labute approximate surface area is 289 Å². The Hall–Kier alpha value is -4.98. The summed E-state index contributed by atoms with van der Waals surface area (Å²) >= 11 is 0. The maximum absolute atomic E-state index is 14.0.